The van der Waals surface area contributed by atoms with Crippen LogP contribution in [0.4, 0.5) is 10.2 Å². The van der Waals surface area contributed by atoms with Gasteiger partial charge in [0.25, 0.3) is 0 Å². The number of hydrogen-bond acceptors (Lipinski definition) is 6. The Morgan fingerprint density at radius 1 is 1.23 bits per heavy atom. The Morgan fingerprint density at radius 2 is 2.04 bits per heavy atom. The summed E-state index contributed by atoms with van der Waals surface area (Å²) in [7, 11) is 1.48. The molecule has 6 nitrogen and oxygen atoms in total. The van der Waals surface area contributed by atoms with Crippen LogP contribution in [0.2, 0.25) is 0 Å². The third kappa shape index (κ3) is 4.82. The number of hydrogen-bond donors (Lipinski definition) is 1. The lowest BCUT2D eigenvalue weighted by atomic mass is 10.0. The minimum Gasteiger partial charge on any atom is -0.494 e. The van der Waals surface area contributed by atoms with Gasteiger partial charge in [-0.25, -0.2) is 14.4 Å². The Hall–Kier alpha value is -2.41. The van der Waals surface area contributed by atoms with Gasteiger partial charge in [-0.2, -0.15) is 0 Å². The molecule has 0 amide bonds. The lowest BCUT2D eigenvalue weighted by molar-refractivity contribution is 0.211. The fourth-order valence-corrected chi connectivity index (χ4v) is 3.16. The maximum absolute atomic E-state index is 13.8. The Labute approximate surface area is 153 Å². The molecule has 140 valence electrons. The van der Waals surface area contributed by atoms with E-state index in [1.807, 2.05) is 19.1 Å². The van der Waals surface area contributed by atoms with E-state index in [-0.39, 0.29) is 11.6 Å². The molecule has 1 aliphatic rings. The number of nitrogens with zero attached hydrogens (tertiary/aromatic N) is 3. The van der Waals surface area contributed by atoms with Crippen molar-refractivity contribution < 1.29 is 13.9 Å². The first kappa shape index (κ1) is 18.4. The van der Waals surface area contributed by atoms with Crippen molar-refractivity contribution >= 4 is 5.82 Å². The first-order chi connectivity index (χ1) is 12.7. The van der Waals surface area contributed by atoms with E-state index in [0.717, 1.165) is 43.9 Å². The van der Waals surface area contributed by atoms with Crippen molar-refractivity contribution in [1.82, 2.24) is 14.9 Å². The van der Waals surface area contributed by atoms with Gasteiger partial charge in [0.05, 0.1) is 13.7 Å². The van der Waals surface area contributed by atoms with Gasteiger partial charge >= 0.3 is 0 Å². The Bertz CT molecular complexity index is 720. The van der Waals surface area contributed by atoms with Gasteiger partial charge in [0.2, 0.25) is 5.88 Å². The van der Waals surface area contributed by atoms with Gasteiger partial charge in [-0.3, -0.25) is 4.90 Å². The van der Waals surface area contributed by atoms with Gasteiger partial charge in [0.15, 0.2) is 11.6 Å². The van der Waals surface area contributed by atoms with Crippen LogP contribution in [0.5, 0.6) is 11.6 Å². The maximum atomic E-state index is 13.8. The molecule has 2 aromatic rings. The maximum Gasteiger partial charge on any atom is 0.218 e. The lowest BCUT2D eigenvalue weighted by Gasteiger charge is -2.32. The molecule has 1 saturated heterocycles. The summed E-state index contributed by atoms with van der Waals surface area (Å²) in [6, 6.07) is 7.35. The lowest BCUT2D eigenvalue weighted by Crippen LogP contribution is -2.38. The number of halogens is 1. The SMILES string of the molecule is CCOc1cc(NC2CCN(Cc3ccc(OC)c(F)c3)CC2)ncn1. The van der Waals surface area contributed by atoms with Crippen LogP contribution in [-0.2, 0) is 6.54 Å². The number of rotatable bonds is 7. The van der Waals surface area contributed by atoms with Gasteiger partial charge in [-0.1, -0.05) is 6.07 Å². The van der Waals surface area contributed by atoms with Crippen LogP contribution >= 0.6 is 0 Å². The number of aromatic nitrogens is 2. The minimum atomic E-state index is -0.310. The smallest absolute Gasteiger partial charge is 0.218 e. The van der Waals surface area contributed by atoms with Crippen LogP contribution in [0.25, 0.3) is 0 Å². The van der Waals surface area contributed by atoms with Gasteiger partial charge in [0, 0.05) is 31.7 Å². The van der Waals surface area contributed by atoms with E-state index in [0.29, 0.717) is 18.5 Å². The van der Waals surface area contributed by atoms with Crippen LogP contribution in [0.15, 0.2) is 30.6 Å². The molecule has 0 saturated carbocycles. The second-order valence-electron chi connectivity index (χ2n) is 6.34. The van der Waals surface area contributed by atoms with Crippen LogP contribution in [-0.4, -0.2) is 47.7 Å². The van der Waals surface area contributed by atoms with E-state index < -0.39 is 0 Å². The zero-order valence-electron chi connectivity index (χ0n) is 15.2. The highest BCUT2D eigenvalue weighted by atomic mass is 19.1. The monoisotopic (exact) mass is 360 g/mol. The Morgan fingerprint density at radius 3 is 2.73 bits per heavy atom. The third-order valence-corrected chi connectivity index (χ3v) is 4.50. The molecular formula is C19H25FN4O2. The number of piperidine rings is 1. The average Bonchev–Trinajstić information content (AvgIpc) is 2.64. The predicted molar refractivity (Wildman–Crippen MR) is 98.1 cm³/mol. The second-order valence-corrected chi connectivity index (χ2v) is 6.34. The highest BCUT2D eigenvalue weighted by Crippen LogP contribution is 2.21. The number of anilines is 1. The fraction of sp³-hybridized carbons (Fsp3) is 0.474. The highest BCUT2D eigenvalue weighted by molar-refractivity contribution is 5.38. The summed E-state index contributed by atoms with van der Waals surface area (Å²) >= 11 is 0. The van der Waals surface area contributed by atoms with Gasteiger partial charge in [0.1, 0.15) is 12.1 Å². The topological polar surface area (TPSA) is 59.5 Å². The standard InChI is InChI=1S/C19H25FN4O2/c1-3-26-19-11-18(21-13-22-19)23-15-6-8-24(9-7-15)12-14-4-5-17(25-2)16(20)10-14/h4-5,10-11,13,15H,3,6-9,12H2,1-2H3,(H,21,22,23). The van der Waals surface area contributed by atoms with E-state index in [1.165, 1.54) is 13.4 Å². The quantitative estimate of drug-likeness (QED) is 0.819. The molecule has 26 heavy (non-hydrogen) atoms. The van der Waals surface area contributed by atoms with Crippen molar-refractivity contribution in [2.45, 2.75) is 32.4 Å². The zero-order valence-corrected chi connectivity index (χ0v) is 15.2. The van der Waals surface area contributed by atoms with Crippen molar-refractivity contribution in [2.24, 2.45) is 0 Å². The van der Waals surface area contributed by atoms with Crippen molar-refractivity contribution in [3.8, 4) is 11.6 Å². The number of ether oxygens (including phenoxy) is 2. The van der Waals surface area contributed by atoms with Crippen LogP contribution in [0.3, 0.4) is 0 Å². The third-order valence-electron chi connectivity index (χ3n) is 4.50. The van der Waals surface area contributed by atoms with Crippen LogP contribution in [0.1, 0.15) is 25.3 Å². The van der Waals surface area contributed by atoms with E-state index in [1.54, 1.807) is 12.1 Å². The summed E-state index contributed by atoms with van der Waals surface area (Å²) in [5, 5.41) is 3.45. The van der Waals surface area contributed by atoms with E-state index in [9.17, 15) is 4.39 Å². The van der Waals surface area contributed by atoms with E-state index in [4.69, 9.17) is 9.47 Å². The number of benzene rings is 1. The van der Waals surface area contributed by atoms with Crippen molar-refractivity contribution in [3.05, 3.63) is 42.0 Å². The molecule has 3 rings (SSSR count). The Balaban J connectivity index is 1.49. The molecule has 2 heterocycles. The number of methoxy groups -OCH3 is 1. The molecule has 7 heteroatoms. The summed E-state index contributed by atoms with van der Waals surface area (Å²) in [4.78, 5) is 10.7. The summed E-state index contributed by atoms with van der Waals surface area (Å²) in [5.74, 6) is 1.35. The molecule has 0 spiro atoms. The average molecular weight is 360 g/mol. The number of likely N-dealkylation sites (tertiary alicyclic amines) is 1. The summed E-state index contributed by atoms with van der Waals surface area (Å²) in [6.45, 7) is 5.17. The predicted octanol–water partition coefficient (Wildman–Crippen LogP) is 3.10. The van der Waals surface area contributed by atoms with Crippen molar-refractivity contribution in [2.75, 3.05) is 32.1 Å². The van der Waals surface area contributed by atoms with E-state index >= 15 is 0 Å². The summed E-state index contributed by atoms with van der Waals surface area (Å²) < 4.78 is 24.2. The molecular weight excluding hydrogens is 335 g/mol. The molecule has 1 N–H and O–H groups in total. The molecule has 0 aliphatic carbocycles. The number of nitrogens with one attached hydrogen (secondary N) is 1. The van der Waals surface area contributed by atoms with E-state index in [2.05, 4.69) is 20.2 Å². The van der Waals surface area contributed by atoms with Crippen molar-refractivity contribution in [3.63, 3.8) is 0 Å². The minimum absolute atomic E-state index is 0.285. The first-order valence-corrected chi connectivity index (χ1v) is 8.94. The molecule has 0 bridgehead atoms. The molecule has 1 aromatic heterocycles. The van der Waals surface area contributed by atoms with Crippen molar-refractivity contribution in [1.29, 1.82) is 0 Å². The molecule has 0 unspecified atom stereocenters. The van der Waals surface area contributed by atoms with Gasteiger partial charge in [-0.15, -0.1) is 0 Å². The molecule has 1 aliphatic heterocycles. The second kappa shape index (κ2) is 8.80. The zero-order chi connectivity index (χ0) is 18.4. The summed E-state index contributed by atoms with van der Waals surface area (Å²) in [6.07, 6.45) is 3.53. The molecule has 1 aromatic carbocycles. The Kier molecular flexibility index (Phi) is 6.22. The highest BCUT2D eigenvalue weighted by Gasteiger charge is 2.20. The largest absolute Gasteiger partial charge is 0.494 e. The normalized spacial score (nSPS) is 15.7. The first-order valence-electron chi connectivity index (χ1n) is 8.94. The summed E-state index contributed by atoms with van der Waals surface area (Å²) in [5.41, 5.74) is 0.965. The van der Waals surface area contributed by atoms with Crippen LogP contribution in [0, 0.1) is 5.82 Å². The van der Waals surface area contributed by atoms with Crippen LogP contribution < -0.4 is 14.8 Å². The fourth-order valence-electron chi connectivity index (χ4n) is 3.16. The molecule has 0 radical (unpaired) electrons. The van der Waals surface area contributed by atoms with Gasteiger partial charge in [-0.05, 0) is 37.5 Å². The molecule has 1 fully saturated rings. The molecule has 0 atom stereocenters. The van der Waals surface area contributed by atoms with Gasteiger partial charge < -0.3 is 14.8 Å².